The molecule has 0 aliphatic heterocycles. The van der Waals surface area contributed by atoms with E-state index in [0.29, 0.717) is 18.5 Å². The van der Waals surface area contributed by atoms with Crippen molar-refractivity contribution in [2.45, 2.75) is 33.7 Å². The molecule has 3 nitrogen and oxygen atoms in total. The Bertz CT molecular complexity index is 402. The molecule has 18 heavy (non-hydrogen) atoms. The minimum atomic E-state index is 0.320. The standard InChI is InChI=1S/C15H26N2O/c1-10(2)13(9-16)17(5)15-12(4)7-11(3)8-14(15)18-6/h7-8,10,13H,9,16H2,1-6H3. The summed E-state index contributed by atoms with van der Waals surface area (Å²) in [7, 11) is 3.82. The van der Waals surface area contributed by atoms with Crippen molar-refractivity contribution in [3.05, 3.63) is 23.3 Å². The fraction of sp³-hybridized carbons (Fsp3) is 0.600. The van der Waals surface area contributed by atoms with Crippen molar-refractivity contribution in [2.75, 3.05) is 25.6 Å². The van der Waals surface area contributed by atoms with E-state index in [0.717, 1.165) is 11.4 Å². The molecule has 1 aromatic rings. The van der Waals surface area contributed by atoms with E-state index in [1.54, 1.807) is 7.11 Å². The number of methoxy groups -OCH3 is 1. The third-order valence-corrected chi connectivity index (χ3v) is 3.49. The molecule has 0 radical (unpaired) electrons. The first-order valence-electron chi connectivity index (χ1n) is 6.50. The third kappa shape index (κ3) is 2.96. The van der Waals surface area contributed by atoms with Gasteiger partial charge in [0.15, 0.2) is 0 Å². The number of benzene rings is 1. The highest BCUT2D eigenvalue weighted by Gasteiger charge is 2.21. The van der Waals surface area contributed by atoms with Crippen molar-refractivity contribution in [1.82, 2.24) is 0 Å². The van der Waals surface area contributed by atoms with Gasteiger partial charge in [-0.1, -0.05) is 19.9 Å². The second kappa shape index (κ2) is 6.10. The normalized spacial score (nSPS) is 12.7. The second-order valence-corrected chi connectivity index (χ2v) is 5.29. The predicted octanol–water partition coefficient (Wildman–Crippen LogP) is 2.73. The first-order valence-corrected chi connectivity index (χ1v) is 6.50. The molecule has 1 unspecified atom stereocenters. The Hall–Kier alpha value is -1.22. The van der Waals surface area contributed by atoms with Gasteiger partial charge >= 0.3 is 0 Å². The van der Waals surface area contributed by atoms with Gasteiger partial charge in [-0.15, -0.1) is 0 Å². The van der Waals surface area contributed by atoms with E-state index < -0.39 is 0 Å². The molecule has 0 heterocycles. The summed E-state index contributed by atoms with van der Waals surface area (Å²) in [4.78, 5) is 2.25. The van der Waals surface area contributed by atoms with E-state index >= 15 is 0 Å². The zero-order chi connectivity index (χ0) is 13.9. The van der Waals surface area contributed by atoms with Crippen molar-refractivity contribution in [2.24, 2.45) is 11.7 Å². The summed E-state index contributed by atoms with van der Waals surface area (Å²) in [5, 5.41) is 0. The summed E-state index contributed by atoms with van der Waals surface area (Å²) in [5.74, 6) is 1.43. The van der Waals surface area contributed by atoms with Crippen molar-refractivity contribution >= 4 is 5.69 Å². The van der Waals surface area contributed by atoms with Crippen molar-refractivity contribution in [1.29, 1.82) is 0 Å². The number of nitrogens with two attached hydrogens (primary N) is 1. The van der Waals surface area contributed by atoms with Crippen LogP contribution in [-0.2, 0) is 0 Å². The van der Waals surface area contributed by atoms with Crippen LogP contribution in [-0.4, -0.2) is 26.7 Å². The van der Waals surface area contributed by atoms with E-state index in [9.17, 15) is 0 Å². The maximum atomic E-state index is 5.90. The van der Waals surface area contributed by atoms with Crippen LogP contribution in [0.25, 0.3) is 0 Å². The van der Waals surface area contributed by atoms with E-state index in [2.05, 4.69) is 51.8 Å². The van der Waals surface area contributed by atoms with Gasteiger partial charge < -0.3 is 15.4 Å². The molecule has 0 amide bonds. The van der Waals surface area contributed by atoms with Crippen LogP contribution in [0.2, 0.25) is 0 Å². The molecule has 0 saturated heterocycles. The molecule has 3 heteroatoms. The van der Waals surface area contributed by atoms with Gasteiger partial charge in [0, 0.05) is 19.6 Å². The van der Waals surface area contributed by atoms with Crippen LogP contribution < -0.4 is 15.4 Å². The van der Waals surface area contributed by atoms with Gasteiger partial charge in [-0.3, -0.25) is 0 Å². The zero-order valence-corrected chi connectivity index (χ0v) is 12.4. The van der Waals surface area contributed by atoms with E-state index in [1.165, 1.54) is 11.1 Å². The lowest BCUT2D eigenvalue weighted by atomic mass is 10.0. The smallest absolute Gasteiger partial charge is 0.142 e. The average Bonchev–Trinajstić information content (AvgIpc) is 2.27. The molecule has 1 aromatic carbocycles. The number of hydrogen-bond donors (Lipinski definition) is 1. The average molecular weight is 250 g/mol. The Morgan fingerprint density at radius 2 is 1.89 bits per heavy atom. The third-order valence-electron chi connectivity index (χ3n) is 3.49. The van der Waals surface area contributed by atoms with Crippen molar-refractivity contribution in [3.8, 4) is 5.75 Å². The fourth-order valence-electron chi connectivity index (χ4n) is 2.57. The van der Waals surface area contributed by atoms with Crippen LogP contribution in [0.1, 0.15) is 25.0 Å². The molecule has 0 spiro atoms. The van der Waals surface area contributed by atoms with Crippen molar-refractivity contribution in [3.63, 3.8) is 0 Å². The van der Waals surface area contributed by atoms with Gasteiger partial charge in [-0.2, -0.15) is 0 Å². The van der Waals surface area contributed by atoms with Crippen LogP contribution in [0.15, 0.2) is 12.1 Å². The highest BCUT2D eigenvalue weighted by Crippen LogP contribution is 2.34. The van der Waals surface area contributed by atoms with Crippen LogP contribution in [0.3, 0.4) is 0 Å². The van der Waals surface area contributed by atoms with Crippen LogP contribution in [0.5, 0.6) is 5.75 Å². The lowest BCUT2D eigenvalue weighted by Gasteiger charge is -2.34. The van der Waals surface area contributed by atoms with Gasteiger partial charge in [0.2, 0.25) is 0 Å². The van der Waals surface area contributed by atoms with Gasteiger partial charge in [0.05, 0.1) is 12.8 Å². The maximum absolute atomic E-state index is 5.90. The van der Waals surface area contributed by atoms with E-state index in [1.807, 2.05) is 0 Å². The quantitative estimate of drug-likeness (QED) is 0.873. The molecular weight excluding hydrogens is 224 g/mol. The number of nitrogens with zero attached hydrogens (tertiary/aromatic N) is 1. The number of hydrogen-bond acceptors (Lipinski definition) is 3. The predicted molar refractivity (Wildman–Crippen MR) is 78.6 cm³/mol. The molecule has 1 atom stereocenters. The summed E-state index contributed by atoms with van der Waals surface area (Å²) < 4.78 is 5.52. The summed E-state index contributed by atoms with van der Waals surface area (Å²) in [5.41, 5.74) is 9.49. The first-order chi connectivity index (χ1) is 8.42. The Balaban J connectivity index is 3.22. The van der Waals surface area contributed by atoms with Crippen LogP contribution >= 0.6 is 0 Å². The van der Waals surface area contributed by atoms with Crippen LogP contribution in [0.4, 0.5) is 5.69 Å². The molecule has 0 aromatic heterocycles. The molecule has 0 bridgehead atoms. The van der Waals surface area contributed by atoms with Gasteiger partial charge in [0.1, 0.15) is 5.75 Å². The number of likely N-dealkylation sites (N-methyl/N-ethyl adjacent to an activating group) is 1. The first kappa shape index (κ1) is 14.8. The lowest BCUT2D eigenvalue weighted by molar-refractivity contribution is 0.408. The highest BCUT2D eigenvalue weighted by molar-refractivity contribution is 5.65. The summed E-state index contributed by atoms with van der Waals surface area (Å²) in [6, 6.07) is 4.58. The molecule has 0 fully saturated rings. The zero-order valence-electron chi connectivity index (χ0n) is 12.4. The van der Waals surface area contributed by atoms with Gasteiger partial charge in [-0.25, -0.2) is 0 Å². The Morgan fingerprint density at radius 3 is 2.33 bits per heavy atom. The molecule has 0 saturated carbocycles. The number of anilines is 1. The van der Waals surface area contributed by atoms with E-state index in [4.69, 9.17) is 10.5 Å². The summed E-state index contributed by atoms with van der Waals surface area (Å²) in [6.07, 6.45) is 0. The SMILES string of the molecule is COc1cc(C)cc(C)c1N(C)C(CN)C(C)C. The monoisotopic (exact) mass is 250 g/mol. The molecule has 102 valence electrons. The minimum absolute atomic E-state index is 0.320. The summed E-state index contributed by atoms with van der Waals surface area (Å²) >= 11 is 0. The van der Waals surface area contributed by atoms with Crippen molar-refractivity contribution < 1.29 is 4.74 Å². The maximum Gasteiger partial charge on any atom is 0.142 e. The molecular formula is C15H26N2O. The Labute approximate surface area is 111 Å². The lowest BCUT2D eigenvalue weighted by Crippen LogP contribution is -2.42. The molecule has 0 aliphatic carbocycles. The van der Waals surface area contributed by atoms with Crippen LogP contribution in [0, 0.1) is 19.8 Å². The number of rotatable bonds is 5. The largest absolute Gasteiger partial charge is 0.495 e. The fourth-order valence-corrected chi connectivity index (χ4v) is 2.57. The molecule has 1 rings (SSSR count). The van der Waals surface area contributed by atoms with Gasteiger partial charge in [0.25, 0.3) is 0 Å². The second-order valence-electron chi connectivity index (χ2n) is 5.29. The molecule has 2 N–H and O–H groups in total. The Morgan fingerprint density at radius 1 is 1.28 bits per heavy atom. The van der Waals surface area contributed by atoms with Gasteiger partial charge in [-0.05, 0) is 37.0 Å². The van der Waals surface area contributed by atoms with E-state index in [-0.39, 0.29) is 0 Å². The number of ether oxygens (including phenoxy) is 1. The topological polar surface area (TPSA) is 38.5 Å². The highest BCUT2D eigenvalue weighted by atomic mass is 16.5. The Kier molecular flexibility index (Phi) is 5.03. The minimum Gasteiger partial charge on any atom is -0.495 e. The summed E-state index contributed by atoms with van der Waals surface area (Å²) in [6.45, 7) is 9.25. The molecule has 0 aliphatic rings. The number of aryl methyl sites for hydroxylation is 2.